The molecule has 0 bridgehead atoms. The van der Waals surface area contributed by atoms with Crippen LogP contribution in [0.5, 0.6) is 0 Å². The van der Waals surface area contributed by atoms with E-state index in [9.17, 15) is 9.59 Å². The largest absolute Gasteiger partial charge is 0.378 e. The third kappa shape index (κ3) is 3.24. The van der Waals surface area contributed by atoms with Gasteiger partial charge in [-0.15, -0.1) is 0 Å². The second-order valence-electron chi connectivity index (χ2n) is 9.85. The summed E-state index contributed by atoms with van der Waals surface area (Å²) in [5.41, 5.74) is 5.08. The molecule has 1 aliphatic carbocycles. The minimum absolute atomic E-state index is 0.182. The van der Waals surface area contributed by atoms with Gasteiger partial charge in [0.1, 0.15) is 0 Å². The number of hydrogen-bond acceptors (Lipinski definition) is 6. The van der Waals surface area contributed by atoms with Crippen LogP contribution in [0.4, 0.5) is 5.69 Å². The number of imidazole rings is 1. The van der Waals surface area contributed by atoms with Gasteiger partial charge in [-0.2, -0.15) is 0 Å². The van der Waals surface area contributed by atoms with Crippen LogP contribution in [0.1, 0.15) is 50.7 Å². The molecular formula is C26H27N5O3. The van der Waals surface area contributed by atoms with Gasteiger partial charge in [0.2, 0.25) is 0 Å². The number of amides is 2. The molecule has 0 N–H and O–H groups in total. The molecule has 0 radical (unpaired) electrons. The van der Waals surface area contributed by atoms with Crippen molar-refractivity contribution in [3.63, 3.8) is 0 Å². The summed E-state index contributed by atoms with van der Waals surface area (Å²) in [5.74, 6) is 0.138. The number of carbonyl (C=O) groups is 2. The first kappa shape index (κ1) is 20.2. The van der Waals surface area contributed by atoms with E-state index >= 15 is 0 Å². The van der Waals surface area contributed by atoms with Crippen LogP contribution in [0.2, 0.25) is 0 Å². The molecule has 3 aliphatic heterocycles. The fourth-order valence-electron chi connectivity index (χ4n) is 5.41. The maximum absolute atomic E-state index is 12.9. The minimum atomic E-state index is -0.243. The lowest BCUT2D eigenvalue weighted by Crippen LogP contribution is -2.56. The first-order valence-electron chi connectivity index (χ1n) is 12.2. The van der Waals surface area contributed by atoms with Crippen LogP contribution in [0.3, 0.4) is 0 Å². The summed E-state index contributed by atoms with van der Waals surface area (Å²) in [6.07, 6.45) is 6.63. The normalized spacial score (nSPS) is 21.4. The van der Waals surface area contributed by atoms with Crippen molar-refractivity contribution in [3.05, 3.63) is 65.1 Å². The van der Waals surface area contributed by atoms with Crippen LogP contribution in [-0.4, -0.2) is 76.4 Å². The fraction of sp³-hybridized carbons (Fsp3) is 0.423. The molecule has 8 nitrogen and oxygen atoms in total. The number of carbonyl (C=O) groups excluding carboxylic acids is 2. The number of piperazine rings is 1. The van der Waals surface area contributed by atoms with Gasteiger partial charge < -0.3 is 14.0 Å². The van der Waals surface area contributed by atoms with E-state index in [0.29, 0.717) is 23.1 Å². The van der Waals surface area contributed by atoms with Gasteiger partial charge in [-0.25, -0.2) is 4.98 Å². The molecule has 5 heterocycles. The van der Waals surface area contributed by atoms with Gasteiger partial charge in [0, 0.05) is 38.6 Å². The topological polar surface area (TPSA) is 70.4 Å². The number of pyridine rings is 1. The number of nitrogens with zero attached hydrogens (tertiary/aromatic N) is 5. The number of fused-ring (bicyclic) bond motifs is 2. The highest BCUT2D eigenvalue weighted by molar-refractivity contribution is 6.21. The van der Waals surface area contributed by atoms with Gasteiger partial charge in [-0.1, -0.05) is 12.1 Å². The highest BCUT2D eigenvalue weighted by atomic mass is 16.5. The molecule has 174 valence electrons. The second kappa shape index (κ2) is 7.65. The van der Waals surface area contributed by atoms with Crippen molar-refractivity contribution in [1.29, 1.82) is 0 Å². The van der Waals surface area contributed by atoms with Crippen molar-refractivity contribution in [2.45, 2.75) is 31.3 Å². The standard InChI is InChI=1S/C26H27N5O3/c32-25-21-3-1-2-4-22(21)26(33)31(25)14-19-13-30-12-18(17-5-6-17)11-23(24(30)27-19)29-9-7-28(8-10-29)20-15-34-16-20/h1-4,11-13,17,20H,5-10,14-16H2. The van der Waals surface area contributed by atoms with Gasteiger partial charge in [0.15, 0.2) is 5.65 Å². The summed E-state index contributed by atoms with van der Waals surface area (Å²) in [5, 5.41) is 0. The molecule has 4 aliphatic rings. The van der Waals surface area contributed by atoms with Gasteiger partial charge in [-0.3, -0.25) is 19.4 Å². The Hall–Kier alpha value is -3.23. The van der Waals surface area contributed by atoms with Crippen molar-refractivity contribution in [3.8, 4) is 0 Å². The first-order chi connectivity index (χ1) is 16.7. The van der Waals surface area contributed by atoms with Crippen molar-refractivity contribution in [2.24, 2.45) is 0 Å². The maximum Gasteiger partial charge on any atom is 0.261 e. The van der Waals surface area contributed by atoms with Crippen LogP contribution in [0.25, 0.3) is 5.65 Å². The molecule has 2 amide bonds. The number of ether oxygens (including phenoxy) is 1. The average Bonchev–Trinajstić information content (AvgIpc) is 3.55. The molecule has 0 atom stereocenters. The van der Waals surface area contributed by atoms with E-state index in [1.807, 2.05) is 6.20 Å². The van der Waals surface area contributed by atoms with E-state index in [2.05, 4.69) is 26.5 Å². The summed E-state index contributed by atoms with van der Waals surface area (Å²) in [6.45, 7) is 5.85. The number of aromatic nitrogens is 2. The lowest BCUT2D eigenvalue weighted by molar-refractivity contribution is -0.0660. The molecule has 3 fully saturated rings. The number of anilines is 1. The molecular weight excluding hydrogens is 430 g/mol. The minimum Gasteiger partial charge on any atom is -0.378 e. The van der Waals surface area contributed by atoms with Gasteiger partial charge >= 0.3 is 0 Å². The van der Waals surface area contributed by atoms with E-state index in [1.165, 1.54) is 23.3 Å². The molecule has 0 spiro atoms. The molecule has 2 saturated heterocycles. The van der Waals surface area contributed by atoms with Gasteiger partial charge in [0.25, 0.3) is 11.8 Å². The molecule has 8 heteroatoms. The average molecular weight is 458 g/mol. The predicted molar refractivity (Wildman–Crippen MR) is 126 cm³/mol. The highest BCUT2D eigenvalue weighted by Gasteiger charge is 2.36. The lowest BCUT2D eigenvalue weighted by Gasteiger charge is -2.43. The van der Waals surface area contributed by atoms with Crippen molar-refractivity contribution >= 4 is 23.1 Å². The number of benzene rings is 1. The van der Waals surface area contributed by atoms with Gasteiger partial charge in [0.05, 0.1) is 48.3 Å². The Morgan fingerprint density at radius 3 is 2.26 bits per heavy atom. The van der Waals surface area contributed by atoms with Crippen LogP contribution >= 0.6 is 0 Å². The Bertz CT molecular complexity index is 1270. The molecule has 0 unspecified atom stereocenters. The predicted octanol–water partition coefficient (Wildman–Crippen LogP) is 2.53. The molecule has 3 aromatic rings. The van der Waals surface area contributed by atoms with Crippen LogP contribution in [0.15, 0.2) is 42.7 Å². The lowest BCUT2D eigenvalue weighted by atomic mass is 10.1. The zero-order valence-electron chi connectivity index (χ0n) is 19.0. The quantitative estimate of drug-likeness (QED) is 0.549. The summed E-state index contributed by atoms with van der Waals surface area (Å²) in [6, 6.07) is 9.90. The molecule has 1 saturated carbocycles. The zero-order chi connectivity index (χ0) is 22.8. The Balaban J connectivity index is 1.19. The summed E-state index contributed by atoms with van der Waals surface area (Å²) in [7, 11) is 0. The molecule has 2 aromatic heterocycles. The first-order valence-corrected chi connectivity index (χ1v) is 12.2. The van der Waals surface area contributed by atoms with Crippen molar-refractivity contribution < 1.29 is 14.3 Å². The van der Waals surface area contributed by atoms with E-state index in [1.54, 1.807) is 24.3 Å². The number of rotatable bonds is 5. The summed E-state index contributed by atoms with van der Waals surface area (Å²) in [4.78, 5) is 36.9. The van der Waals surface area contributed by atoms with E-state index < -0.39 is 0 Å². The van der Waals surface area contributed by atoms with E-state index in [0.717, 1.165) is 56.4 Å². The van der Waals surface area contributed by atoms with Crippen molar-refractivity contribution in [1.82, 2.24) is 19.2 Å². The van der Waals surface area contributed by atoms with E-state index in [4.69, 9.17) is 9.72 Å². The molecule has 7 rings (SSSR count). The van der Waals surface area contributed by atoms with Crippen LogP contribution in [0, 0.1) is 0 Å². The monoisotopic (exact) mass is 457 g/mol. The Morgan fingerprint density at radius 1 is 0.941 bits per heavy atom. The summed E-state index contributed by atoms with van der Waals surface area (Å²) >= 11 is 0. The molecule has 34 heavy (non-hydrogen) atoms. The number of hydrogen-bond donors (Lipinski definition) is 0. The van der Waals surface area contributed by atoms with Crippen molar-refractivity contribution in [2.75, 3.05) is 44.3 Å². The Labute approximate surface area is 197 Å². The molecule has 1 aromatic carbocycles. The fourth-order valence-corrected chi connectivity index (χ4v) is 5.41. The number of imide groups is 1. The maximum atomic E-state index is 12.9. The van der Waals surface area contributed by atoms with Gasteiger partial charge in [-0.05, 0) is 42.5 Å². The van der Waals surface area contributed by atoms with E-state index in [-0.39, 0.29) is 18.4 Å². The highest BCUT2D eigenvalue weighted by Crippen LogP contribution is 2.42. The zero-order valence-corrected chi connectivity index (χ0v) is 19.0. The second-order valence-corrected chi connectivity index (χ2v) is 9.85. The SMILES string of the molecule is O=C1c2ccccc2C(=O)N1Cc1cn2cc(C3CC3)cc(N3CCN(C4COC4)CC3)c2n1. The Morgan fingerprint density at radius 2 is 1.65 bits per heavy atom. The van der Waals surface area contributed by atoms with Crippen LogP contribution < -0.4 is 4.90 Å². The smallest absolute Gasteiger partial charge is 0.261 e. The van der Waals surface area contributed by atoms with Crippen LogP contribution in [-0.2, 0) is 11.3 Å². The summed E-state index contributed by atoms with van der Waals surface area (Å²) < 4.78 is 7.48. The third-order valence-corrected chi connectivity index (χ3v) is 7.64. The third-order valence-electron chi connectivity index (χ3n) is 7.64. The Kier molecular flexibility index (Phi) is 4.54.